The number of aromatic amines is 1. The molecule has 0 atom stereocenters. The van der Waals surface area contributed by atoms with Gasteiger partial charge in [0, 0.05) is 31.5 Å². The molecule has 0 bridgehead atoms. The molecule has 0 aliphatic carbocycles. The van der Waals surface area contributed by atoms with Crippen LogP contribution in [0.15, 0.2) is 24.9 Å². The largest absolute Gasteiger partial charge is 0.342 e. The molecule has 1 saturated heterocycles. The zero-order chi connectivity index (χ0) is 14.2. The Kier molecular flexibility index (Phi) is 3.35. The maximum Gasteiger partial charge on any atom is 0.211 e. The van der Waals surface area contributed by atoms with Crippen molar-refractivity contribution < 1.29 is 8.42 Å². The Morgan fingerprint density at radius 3 is 2.70 bits per heavy atom. The first kappa shape index (κ1) is 13.3. The van der Waals surface area contributed by atoms with Crippen LogP contribution in [-0.2, 0) is 10.0 Å². The van der Waals surface area contributed by atoms with Crippen LogP contribution in [0.2, 0.25) is 0 Å². The van der Waals surface area contributed by atoms with Gasteiger partial charge in [-0.1, -0.05) is 0 Å². The van der Waals surface area contributed by atoms with E-state index in [2.05, 4.69) is 19.5 Å². The molecule has 2 aromatic rings. The third-order valence-electron chi connectivity index (χ3n) is 3.69. The number of sulfonamides is 1. The van der Waals surface area contributed by atoms with Crippen LogP contribution in [0.1, 0.15) is 18.9 Å². The Balaban J connectivity index is 1.78. The normalized spacial score (nSPS) is 18.4. The highest BCUT2D eigenvalue weighted by atomic mass is 32.2. The molecule has 2 aromatic heterocycles. The number of nitrogens with zero attached hydrogens (tertiary/aromatic N) is 4. The van der Waals surface area contributed by atoms with E-state index in [0.717, 1.165) is 24.4 Å². The van der Waals surface area contributed by atoms with Crippen molar-refractivity contribution in [2.24, 2.45) is 0 Å². The summed E-state index contributed by atoms with van der Waals surface area (Å²) < 4.78 is 26.7. The third kappa shape index (κ3) is 2.48. The molecule has 20 heavy (non-hydrogen) atoms. The van der Waals surface area contributed by atoms with Gasteiger partial charge >= 0.3 is 0 Å². The van der Waals surface area contributed by atoms with E-state index >= 15 is 0 Å². The van der Waals surface area contributed by atoms with Crippen molar-refractivity contribution in [3.8, 4) is 11.5 Å². The molecule has 1 fully saturated rings. The Morgan fingerprint density at radius 1 is 1.35 bits per heavy atom. The number of piperidine rings is 1. The summed E-state index contributed by atoms with van der Waals surface area (Å²) in [7, 11) is -3.08. The molecule has 0 unspecified atom stereocenters. The molecule has 1 aliphatic rings. The molecule has 3 heterocycles. The lowest BCUT2D eigenvalue weighted by atomic mass is 10.1. The molecule has 0 saturated carbocycles. The van der Waals surface area contributed by atoms with Crippen molar-refractivity contribution in [3.05, 3.63) is 24.9 Å². The number of rotatable bonds is 3. The molecule has 0 amide bonds. The van der Waals surface area contributed by atoms with Gasteiger partial charge in [0.2, 0.25) is 10.0 Å². The van der Waals surface area contributed by atoms with Crippen LogP contribution in [0.4, 0.5) is 0 Å². The fourth-order valence-corrected chi connectivity index (χ4v) is 3.52. The molecular weight excluding hydrogens is 278 g/mol. The average Bonchev–Trinajstić information content (AvgIpc) is 3.08. The van der Waals surface area contributed by atoms with Crippen LogP contribution in [0.25, 0.3) is 11.5 Å². The van der Waals surface area contributed by atoms with Gasteiger partial charge in [0.25, 0.3) is 0 Å². The minimum atomic E-state index is -3.08. The zero-order valence-corrected chi connectivity index (χ0v) is 12.0. The van der Waals surface area contributed by atoms with E-state index in [0.29, 0.717) is 13.1 Å². The first-order valence-corrected chi connectivity index (χ1v) is 8.37. The van der Waals surface area contributed by atoms with Gasteiger partial charge in [0.15, 0.2) is 5.82 Å². The van der Waals surface area contributed by atoms with Crippen LogP contribution in [0.3, 0.4) is 0 Å². The highest BCUT2D eigenvalue weighted by Crippen LogP contribution is 2.27. The van der Waals surface area contributed by atoms with Gasteiger partial charge in [-0.05, 0) is 12.8 Å². The summed E-state index contributed by atoms with van der Waals surface area (Å²) in [6.07, 6.45) is 9.93. The molecule has 7 nitrogen and oxygen atoms in total. The predicted molar refractivity (Wildman–Crippen MR) is 74.5 cm³/mol. The molecule has 108 valence electrons. The monoisotopic (exact) mass is 295 g/mol. The quantitative estimate of drug-likeness (QED) is 0.910. The summed E-state index contributed by atoms with van der Waals surface area (Å²) in [5.41, 5.74) is 0.876. The topological polar surface area (TPSA) is 83.9 Å². The van der Waals surface area contributed by atoms with Gasteiger partial charge in [-0.15, -0.1) is 0 Å². The second kappa shape index (κ2) is 5.02. The number of hydrogen-bond donors (Lipinski definition) is 1. The summed E-state index contributed by atoms with van der Waals surface area (Å²) in [6, 6.07) is 0.272. The smallest absolute Gasteiger partial charge is 0.211 e. The maximum atomic E-state index is 11.5. The molecule has 3 rings (SSSR count). The van der Waals surface area contributed by atoms with Crippen molar-refractivity contribution in [2.75, 3.05) is 19.3 Å². The van der Waals surface area contributed by atoms with Crippen molar-refractivity contribution in [1.29, 1.82) is 0 Å². The number of H-pyrrole nitrogens is 1. The Morgan fingerprint density at radius 2 is 2.10 bits per heavy atom. The van der Waals surface area contributed by atoms with Crippen LogP contribution < -0.4 is 0 Å². The summed E-state index contributed by atoms with van der Waals surface area (Å²) in [5.74, 6) is 0.848. The summed E-state index contributed by atoms with van der Waals surface area (Å²) in [6.45, 7) is 1.12. The molecule has 0 spiro atoms. The number of imidazole rings is 2. The van der Waals surface area contributed by atoms with E-state index in [-0.39, 0.29) is 6.04 Å². The molecule has 1 N–H and O–H groups in total. The number of nitrogens with one attached hydrogen (secondary N) is 1. The third-order valence-corrected chi connectivity index (χ3v) is 5.00. The van der Waals surface area contributed by atoms with Gasteiger partial charge in [-0.25, -0.2) is 22.7 Å². The first-order valence-electron chi connectivity index (χ1n) is 6.52. The highest BCUT2D eigenvalue weighted by molar-refractivity contribution is 7.88. The SMILES string of the molecule is CS(=O)(=O)N1CCC(n2ccnc2-c2cnc[nH]2)CC1. The van der Waals surface area contributed by atoms with Gasteiger partial charge in [-0.3, -0.25) is 0 Å². The van der Waals surface area contributed by atoms with Crippen LogP contribution in [0.5, 0.6) is 0 Å². The van der Waals surface area contributed by atoms with Crippen molar-refractivity contribution in [2.45, 2.75) is 18.9 Å². The van der Waals surface area contributed by atoms with Crippen molar-refractivity contribution in [3.63, 3.8) is 0 Å². The molecule has 0 aromatic carbocycles. The fourth-order valence-electron chi connectivity index (χ4n) is 2.65. The Labute approximate surface area is 117 Å². The molecule has 8 heteroatoms. The second-order valence-corrected chi connectivity index (χ2v) is 7.00. The lowest BCUT2D eigenvalue weighted by Gasteiger charge is -2.31. The zero-order valence-electron chi connectivity index (χ0n) is 11.2. The van der Waals surface area contributed by atoms with Crippen LogP contribution >= 0.6 is 0 Å². The van der Waals surface area contributed by atoms with Crippen LogP contribution in [0, 0.1) is 0 Å². The molecular formula is C12H17N5O2S. The Hall–Kier alpha value is -1.67. The molecule has 0 radical (unpaired) electrons. The average molecular weight is 295 g/mol. The van der Waals surface area contributed by atoms with E-state index in [1.54, 1.807) is 18.7 Å². The number of hydrogen-bond acceptors (Lipinski definition) is 4. The standard InChI is InChI=1S/C12H17N5O2S/c1-20(18,19)16-5-2-10(3-6-16)17-7-4-14-12(17)11-8-13-9-15-11/h4,7-10H,2-3,5-6H2,1H3,(H,13,15). The van der Waals surface area contributed by atoms with E-state index in [4.69, 9.17) is 0 Å². The van der Waals surface area contributed by atoms with Gasteiger partial charge in [-0.2, -0.15) is 0 Å². The minimum Gasteiger partial charge on any atom is -0.342 e. The number of aromatic nitrogens is 4. The summed E-state index contributed by atoms with van der Waals surface area (Å²) >= 11 is 0. The maximum absolute atomic E-state index is 11.5. The van der Waals surface area contributed by atoms with E-state index in [1.807, 2.05) is 6.20 Å². The lowest BCUT2D eigenvalue weighted by molar-refractivity contribution is 0.276. The van der Waals surface area contributed by atoms with E-state index in [1.165, 1.54) is 10.6 Å². The highest BCUT2D eigenvalue weighted by Gasteiger charge is 2.27. The van der Waals surface area contributed by atoms with Gasteiger partial charge < -0.3 is 9.55 Å². The lowest BCUT2D eigenvalue weighted by Crippen LogP contribution is -2.38. The minimum absolute atomic E-state index is 0.272. The Bertz CT molecular complexity index is 669. The predicted octanol–water partition coefficient (Wildman–Crippen LogP) is 0.870. The summed E-state index contributed by atoms with van der Waals surface area (Å²) in [5, 5.41) is 0. The second-order valence-electron chi connectivity index (χ2n) is 5.02. The van der Waals surface area contributed by atoms with Gasteiger partial charge in [0.1, 0.15) is 5.69 Å². The van der Waals surface area contributed by atoms with Crippen molar-refractivity contribution >= 4 is 10.0 Å². The van der Waals surface area contributed by atoms with Crippen LogP contribution in [-0.4, -0.2) is 51.6 Å². The van der Waals surface area contributed by atoms with Gasteiger partial charge in [0.05, 0.1) is 18.8 Å². The van der Waals surface area contributed by atoms with E-state index in [9.17, 15) is 8.42 Å². The fraction of sp³-hybridized carbons (Fsp3) is 0.500. The first-order chi connectivity index (χ1) is 9.55. The van der Waals surface area contributed by atoms with Crippen molar-refractivity contribution in [1.82, 2.24) is 23.8 Å². The van der Waals surface area contributed by atoms with E-state index < -0.39 is 10.0 Å². The molecule has 1 aliphatic heterocycles. The summed E-state index contributed by atoms with van der Waals surface area (Å²) in [4.78, 5) is 11.4.